The number of aliphatic hydroxyl groups is 1. The van der Waals surface area contributed by atoms with Crippen LogP contribution in [0.1, 0.15) is 13.3 Å². The molecule has 2 aromatic heterocycles. The van der Waals surface area contributed by atoms with Crippen molar-refractivity contribution >= 4 is 22.9 Å². The van der Waals surface area contributed by atoms with Gasteiger partial charge in [-0.1, -0.05) is 6.92 Å². The van der Waals surface area contributed by atoms with Gasteiger partial charge in [0.1, 0.15) is 5.52 Å². The van der Waals surface area contributed by atoms with Gasteiger partial charge < -0.3 is 21.1 Å². The summed E-state index contributed by atoms with van der Waals surface area (Å²) in [5, 5.41) is 9.57. The maximum Gasteiger partial charge on any atom is 0.224 e. The Kier molecular flexibility index (Phi) is 2.61. The monoisotopic (exact) mass is 222 g/mol. The van der Waals surface area contributed by atoms with Crippen LogP contribution in [0.25, 0.3) is 11.2 Å². The Hall–Kier alpha value is -1.89. The largest absolute Gasteiger partial charge is 0.391 e. The third-order valence-corrected chi connectivity index (χ3v) is 2.39. The molecule has 16 heavy (non-hydrogen) atoms. The maximum atomic E-state index is 9.57. The first-order valence-corrected chi connectivity index (χ1v) is 5.03. The summed E-state index contributed by atoms with van der Waals surface area (Å²) in [7, 11) is 0. The Morgan fingerprint density at radius 1 is 1.44 bits per heavy atom. The molecule has 0 saturated heterocycles. The van der Waals surface area contributed by atoms with Crippen molar-refractivity contribution in [2.75, 3.05) is 11.5 Å². The quantitative estimate of drug-likeness (QED) is 0.660. The number of rotatable bonds is 3. The van der Waals surface area contributed by atoms with E-state index in [1.165, 1.54) is 0 Å². The van der Waals surface area contributed by atoms with Crippen LogP contribution in [0.15, 0.2) is 6.33 Å². The van der Waals surface area contributed by atoms with Gasteiger partial charge in [-0.2, -0.15) is 9.97 Å². The molecule has 0 aliphatic carbocycles. The molecule has 7 heteroatoms. The summed E-state index contributed by atoms with van der Waals surface area (Å²) in [6.45, 7) is 2.32. The zero-order valence-electron chi connectivity index (χ0n) is 8.96. The van der Waals surface area contributed by atoms with E-state index >= 15 is 0 Å². The molecule has 1 atom stereocenters. The molecule has 0 aliphatic heterocycles. The van der Waals surface area contributed by atoms with Crippen LogP contribution < -0.4 is 11.5 Å². The Morgan fingerprint density at radius 3 is 2.88 bits per heavy atom. The van der Waals surface area contributed by atoms with Gasteiger partial charge in [0.2, 0.25) is 5.95 Å². The second kappa shape index (κ2) is 3.93. The molecule has 0 saturated carbocycles. The van der Waals surface area contributed by atoms with Gasteiger partial charge in [-0.25, -0.2) is 4.98 Å². The van der Waals surface area contributed by atoms with Crippen molar-refractivity contribution in [1.82, 2.24) is 19.5 Å². The smallest absolute Gasteiger partial charge is 0.224 e. The molecule has 2 aromatic rings. The summed E-state index contributed by atoms with van der Waals surface area (Å²) in [5.41, 5.74) is 12.2. The summed E-state index contributed by atoms with van der Waals surface area (Å²) in [6, 6.07) is 0. The van der Waals surface area contributed by atoms with Crippen LogP contribution in [0, 0.1) is 0 Å². The summed E-state index contributed by atoms with van der Waals surface area (Å²) in [5.74, 6) is 0.366. The van der Waals surface area contributed by atoms with Crippen molar-refractivity contribution in [2.45, 2.75) is 26.0 Å². The number of aromatic nitrogens is 4. The van der Waals surface area contributed by atoms with Gasteiger partial charge in [-0.05, 0) is 6.42 Å². The Bertz CT molecular complexity index is 508. The predicted molar refractivity (Wildman–Crippen MR) is 60.4 cm³/mol. The molecule has 2 rings (SSSR count). The maximum absolute atomic E-state index is 9.57. The molecule has 0 radical (unpaired) electrons. The number of aliphatic hydroxyl groups excluding tert-OH is 1. The molecule has 2 heterocycles. The van der Waals surface area contributed by atoms with E-state index in [1.54, 1.807) is 10.9 Å². The Balaban J connectivity index is 2.47. The number of hydrogen-bond donors (Lipinski definition) is 3. The van der Waals surface area contributed by atoms with Gasteiger partial charge in [0.25, 0.3) is 0 Å². The van der Waals surface area contributed by atoms with Crippen LogP contribution in [-0.4, -0.2) is 30.7 Å². The second-order valence-corrected chi connectivity index (χ2v) is 3.60. The van der Waals surface area contributed by atoms with E-state index in [2.05, 4.69) is 15.0 Å². The molecule has 0 amide bonds. The van der Waals surface area contributed by atoms with Gasteiger partial charge in [0.15, 0.2) is 11.5 Å². The lowest BCUT2D eigenvalue weighted by atomic mass is 10.3. The van der Waals surface area contributed by atoms with Crippen LogP contribution in [0.2, 0.25) is 0 Å². The SMILES string of the molecule is CC[C@@H](O)Cn1cnc2c(N)nc(N)nc21. The van der Waals surface area contributed by atoms with Gasteiger partial charge in [-0.15, -0.1) is 0 Å². The van der Waals surface area contributed by atoms with Crippen LogP contribution in [0.3, 0.4) is 0 Å². The highest BCUT2D eigenvalue weighted by Crippen LogP contribution is 2.17. The molecule has 86 valence electrons. The minimum atomic E-state index is -0.435. The predicted octanol–water partition coefficient (Wildman–Crippen LogP) is -0.238. The molecular weight excluding hydrogens is 208 g/mol. The lowest BCUT2D eigenvalue weighted by molar-refractivity contribution is 0.151. The summed E-state index contributed by atoms with van der Waals surface area (Å²) >= 11 is 0. The summed E-state index contributed by atoms with van der Waals surface area (Å²) in [4.78, 5) is 12.0. The van der Waals surface area contributed by atoms with Crippen molar-refractivity contribution in [3.8, 4) is 0 Å². The van der Waals surface area contributed by atoms with Gasteiger partial charge in [0, 0.05) is 0 Å². The van der Waals surface area contributed by atoms with Gasteiger partial charge in [0.05, 0.1) is 19.0 Å². The number of nitrogen functional groups attached to an aromatic ring is 2. The first-order valence-electron chi connectivity index (χ1n) is 5.03. The molecule has 0 bridgehead atoms. The lowest BCUT2D eigenvalue weighted by Gasteiger charge is -2.08. The summed E-state index contributed by atoms with van der Waals surface area (Å²) in [6.07, 6.45) is 1.80. The van der Waals surface area contributed by atoms with E-state index in [-0.39, 0.29) is 11.8 Å². The molecule has 0 unspecified atom stereocenters. The van der Waals surface area contributed by atoms with Gasteiger partial charge in [-0.3, -0.25) is 0 Å². The number of fused-ring (bicyclic) bond motifs is 1. The minimum Gasteiger partial charge on any atom is -0.391 e. The van der Waals surface area contributed by atoms with Crippen molar-refractivity contribution in [3.05, 3.63) is 6.33 Å². The van der Waals surface area contributed by atoms with E-state index in [1.807, 2.05) is 6.92 Å². The number of nitrogens with two attached hydrogens (primary N) is 2. The zero-order chi connectivity index (χ0) is 11.7. The fraction of sp³-hybridized carbons (Fsp3) is 0.444. The Morgan fingerprint density at radius 2 is 2.19 bits per heavy atom. The second-order valence-electron chi connectivity index (χ2n) is 3.60. The number of imidazole rings is 1. The van der Waals surface area contributed by atoms with Crippen LogP contribution in [-0.2, 0) is 6.54 Å². The minimum absolute atomic E-state index is 0.109. The van der Waals surface area contributed by atoms with E-state index in [9.17, 15) is 5.11 Å². The highest BCUT2D eigenvalue weighted by atomic mass is 16.3. The van der Waals surface area contributed by atoms with Crippen LogP contribution in [0.4, 0.5) is 11.8 Å². The van der Waals surface area contributed by atoms with Crippen LogP contribution >= 0.6 is 0 Å². The van der Waals surface area contributed by atoms with Crippen molar-refractivity contribution in [3.63, 3.8) is 0 Å². The first kappa shape index (κ1) is 10.6. The molecule has 5 N–H and O–H groups in total. The molecule has 7 nitrogen and oxygen atoms in total. The van der Waals surface area contributed by atoms with E-state index in [0.29, 0.717) is 24.1 Å². The Labute approximate surface area is 92.1 Å². The highest BCUT2D eigenvalue weighted by Gasteiger charge is 2.11. The van der Waals surface area contributed by atoms with Crippen molar-refractivity contribution < 1.29 is 5.11 Å². The molecule has 0 aliphatic rings. The first-order chi connectivity index (χ1) is 7.61. The fourth-order valence-electron chi connectivity index (χ4n) is 1.47. The zero-order valence-corrected chi connectivity index (χ0v) is 8.96. The number of nitrogens with zero attached hydrogens (tertiary/aromatic N) is 4. The number of anilines is 2. The van der Waals surface area contributed by atoms with Crippen LogP contribution in [0.5, 0.6) is 0 Å². The standard InChI is InChI=1S/C9H14N6O/c1-2-5(16)3-15-4-12-6-7(10)13-9(11)14-8(6)15/h4-5,16H,2-3H2,1H3,(H4,10,11,13,14)/t5-/m1/s1. The fourth-order valence-corrected chi connectivity index (χ4v) is 1.47. The summed E-state index contributed by atoms with van der Waals surface area (Å²) < 4.78 is 1.72. The highest BCUT2D eigenvalue weighted by molar-refractivity contribution is 5.82. The van der Waals surface area contributed by atoms with Crippen molar-refractivity contribution in [2.24, 2.45) is 0 Å². The molecule has 0 fully saturated rings. The molecule has 0 spiro atoms. The van der Waals surface area contributed by atoms with Gasteiger partial charge >= 0.3 is 0 Å². The topological polar surface area (TPSA) is 116 Å². The number of hydrogen-bond acceptors (Lipinski definition) is 6. The normalized spacial score (nSPS) is 13.1. The van der Waals surface area contributed by atoms with E-state index < -0.39 is 6.10 Å². The average molecular weight is 222 g/mol. The molecule has 0 aromatic carbocycles. The lowest BCUT2D eigenvalue weighted by Crippen LogP contribution is -2.14. The van der Waals surface area contributed by atoms with Crippen molar-refractivity contribution in [1.29, 1.82) is 0 Å². The average Bonchev–Trinajstić information content (AvgIpc) is 2.61. The third kappa shape index (κ3) is 1.76. The molecular formula is C9H14N6O. The van der Waals surface area contributed by atoms with E-state index in [0.717, 1.165) is 0 Å². The third-order valence-electron chi connectivity index (χ3n) is 2.39. The van der Waals surface area contributed by atoms with E-state index in [4.69, 9.17) is 11.5 Å².